The number of anilines is 2. The number of hydrogen-bond donors (Lipinski definition) is 3. The van der Waals surface area contributed by atoms with Crippen LogP contribution in [0.5, 0.6) is 11.5 Å². The first-order chi connectivity index (χ1) is 15.4. The van der Waals surface area contributed by atoms with E-state index in [0.717, 1.165) is 58.1 Å². The van der Waals surface area contributed by atoms with Crippen LogP contribution in [0.2, 0.25) is 0 Å². The summed E-state index contributed by atoms with van der Waals surface area (Å²) in [5.41, 5.74) is 2.08. The predicted molar refractivity (Wildman–Crippen MR) is 138 cm³/mol. The van der Waals surface area contributed by atoms with Crippen LogP contribution in [0.3, 0.4) is 0 Å². The second-order valence-electron chi connectivity index (χ2n) is 8.48. The quantitative estimate of drug-likeness (QED) is 0.375. The van der Waals surface area contributed by atoms with Crippen molar-refractivity contribution in [1.82, 2.24) is 15.3 Å². The highest BCUT2D eigenvalue weighted by atomic mass is 127. The van der Waals surface area contributed by atoms with Crippen LogP contribution >= 0.6 is 22.6 Å². The van der Waals surface area contributed by atoms with Gasteiger partial charge < -0.3 is 25.4 Å². The van der Waals surface area contributed by atoms with Gasteiger partial charge in [-0.05, 0) is 78.1 Å². The van der Waals surface area contributed by atoms with E-state index in [4.69, 9.17) is 14.7 Å². The normalized spacial score (nSPS) is 18.5. The third-order valence-corrected chi connectivity index (χ3v) is 6.79. The first-order valence-electron chi connectivity index (χ1n) is 10.9. The summed E-state index contributed by atoms with van der Waals surface area (Å²) in [6.45, 7) is 0.759. The van der Waals surface area contributed by atoms with Crippen LogP contribution in [0, 0.1) is 3.57 Å². The summed E-state index contributed by atoms with van der Waals surface area (Å²) in [6, 6.07) is 12.9. The Bertz CT molecular complexity index is 1080. The van der Waals surface area contributed by atoms with Crippen LogP contribution in [0.25, 0.3) is 10.9 Å². The molecule has 0 aliphatic heterocycles. The molecule has 0 bridgehead atoms. The monoisotopic (exact) mass is 547 g/mol. The number of para-hydroxylation sites is 1. The maximum atomic E-state index is 10.0. The van der Waals surface area contributed by atoms with Crippen LogP contribution in [0.1, 0.15) is 31.2 Å². The molecule has 0 spiro atoms. The summed E-state index contributed by atoms with van der Waals surface area (Å²) >= 11 is 2.14. The van der Waals surface area contributed by atoms with Crippen molar-refractivity contribution in [2.45, 2.75) is 44.3 Å². The third-order valence-electron chi connectivity index (χ3n) is 5.97. The Labute approximate surface area is 202 Å². The van der Waals surface area contributed by atoms with E-state index in [1.807, 2.05) is 49.3 Å². The molecule has 3 aromatic rings. The van der Waals surface area contributed by atoms with E-state index in [2.05, 4.69) is 39.3 Å². The molecule has 1 aliphatic rings. The number of nitrogens with one attached hydrogen (secondary N) is 2. The van der Waals surface area contributed by atoms with Crippen molar-refractivity contribution in [2.75, 3.05) is 31.4 Å². The summed E-state index contributed by atoms with van der Waals surface area (Å²) in [6.07, 6.45) is 4.33. The summed E-state index contributed by atoms with van der Waals surface area (Å²) in [4.78, 5) is 11.6. The van der Waals surface area contributed by atoms with Crippen molar-refractivity contribution < 1.29 is 9.84 Å². The van der Waals surface area contributed by atoms with Crippen molar-refractivity contribution in [3.8, 4) is 11.5 Å². The molecule has 0 amide bonds. The van der Waals surface area contributed by atoms with Gasteiger partial charge in [0.2, 0.25) is 5.95 Å². The molecule has 4 rings (SSSR count). The Morgan fingerprint density at radius 1 is 1.09 bits per heavy atom. The Morgan fingerprint density at radius 2 is 1.81 bits per heavy atom. The molecule has 1 fully saturated rings. The molecular formula is C24H30IN5O2. The van der Waals surface area contributed by atoms with Gasteiger partial charge in [0.25, 0.3) is 0 Å². The van der Waals surface area contributed by atoms with Gasteiger partial charge in [-0.15, -0.1) is 0 Å². The molecule has 170 valence electrons. The number of phenols is 1. The van der Waals surface area contributed by atoms with Crippen molar-refractivity contribution >= 4 is 45.3 Å². The van der Waals surface area contributed by atoms with Crippen LogP contribution in [0.15, 0.2) is 36.4 Å². The summed E-state index contributed by atoms with van der Waals surface area (Å²) in [5.74, 6) is 2.37. The average Bonchev–Trinajstić information content (AvgIpc) is 2.80. The fourth-order valence-corrected chi connectivity index (χ4v) is 4.90. The number of ether oxygens (including phenoxy) is 1. The molecular weight excluding hydrogens is 517 g/mol. The summed E-state index contributed by atoms with van der Waals surface area (Å²) in [7, 11) is 5.61. The van der Waals surface area contributed by atoms with Gasteiger partial charge in [-0.25, -0.2) is 4.98 Å². The zero-order valence-electron chi connectivity index (χ0n) is 18.7. The SMILES string of the molecule is COc1cc(CN[C@H]2CC[C@@H](Nc3nc(N(C)C)c4ccccc4n3)CC2)cc(I)c1O. The van der Waals surface area contributed by atoms with E-state index in [1.165, 1.54) is 0 Å². The number of phenolic OH excluding ortho intramolecular Hbond substituents is 1. The molecule has 0 unspecified atom stereocenters. The van der Waals surface area contributed by atoms with Crippen LogP contribution in [-0.4, -0.2) is 48.4 Å². The van der Waals surface area contributed by atoms with Gasteiger partial charge in [-0.3, -0.25) is 0 Å². The molecule has 3 N–H and O–H groups in total. The van der Waals surface area contributed by atoms with E-state index in [1.54, 1.807) is 7.11 Å². The van der Waals surface area contributed by atoms with Gasteiger partial charge in [0.15, 0.2) is 11.5 Å². The van der Waals surface area contributed by atoms with E-state index in [0.29, 0.717) is 23.8 Å². The van der Waals surface area contributed by atoms with Crippen molar-refractivity contribution in [3.05, 3.63) is 45.5 Å². The molecule has 1 heterocycles. The number of hydrogen-bond acceptors (Lipinski definition) is 7. The highest BCUT2D eigenvalue weighted by molar-refractivity contribution is 14.1. The molecule has 1 aliphatic carbocycles. The fraction of sp³-hybridized carbons (Fsp3) is 0.417. The molecule has 7 nitrogen and oxygen atoms in total. The lowest BCUT2D eigenvalue weighted by Crippen LogP contribution is -2.37. The number of rotatable bonds is 7. The minimum Gasteiger partial charge on any atom is -0.504 e. The van der Waals surface area contributed by atoms with E-state index in [9.17, 15) is 5.11 Å². The van der Waals surface area contributed by atoms with Crippen LogP contribution in [0.4, 0.5) is 11.8 Å². The second kappa shape index (κ2) is 10.1. The van der Waals surface area contributed by atoms with E-state index in [-0.39, 0.29) is 5.75 Å². The van der Waals surface area contributed by atoms with E-state index >= 15 is 0 Å². The Morgan fingerprint density at radius 3 is 2.53 bits per heavy atom. The lowest BCUT2D eigenvalue weighted by Gasteiger charge is -2.30. The van der Waals surface area contributed by atoms with Gasteiger partial charge >= 0.3 is 0 Å². The molecule has 1 saturated carbocycles. The molecule has 1 aromatic heterocycles. The number of halogens is 1. The standard InChI is InChI=1S/C24H30IN5O2/c1-30(2)23-18-6-4-5-7-20(18)28-24(29-23)27-17-10-8-16(9-11-17)26-14-15-12-19(25)22(31)21(13-15)32-3/h4-7,12-13,16-17,26,31H,8-11,14H2,1-3H3,(H,27,28,29)/t16-,17+. The number of aromatic nitrogens is 2. The smallest absolute Gasteiger partial charge is 0.225 e. The molecule has 2 aromatic carbocycles. The number of methoxy groups -OCH3 is 1. The number of fused-ring (bicyclic) bond motifs is 1. The summed E-state index contributed by atoms with van der Waals surface area (Å²) in [5, 5.41) is 18.3. The van der Waals surface area contributed by atoms with E-state index < -0.39 is 0 Å². The first-order valence-corrected chi connectivity index (χ1v) is 12.0. The van der Waals surface area contributed by atoms with Crippen molar-refractivity contribution in [3.63, 3.8) is 0 Å². The number of nitrogens with zero attached hydrogens (tertiary/aromatic N) is 3. The topological polar surface area (TPSA) is 82.5 Å². The van der Waals surface area contributed by atoms with Crippen molar-refractivity contribution in [1.29, 1.82) is 0 Å². The maximum Gasteiger partial charge on any atom is 0.225 e. The minimum atomic E-state index is 0.205. The fourth-order valence-electron chi connectivity index (χ4n) is 4.24. The zero-order valence-corrected chi connectivity index (χ0v) is 20.9. The van der Waals surface area contributed by atoms with Gasteiger partial charge in [0.05, 0.1) is 16.2 Å². The largest absolute Gasteiger partial charge is 0.504 e. The lowest BCUT2D eigenvalue weighted by atomic mass is 9.91. The van der Waals surface area contributed by atoms with Crippen molar-refractivity contribution in [2.24, 2.45) is 0 Å². The zero-order chi connectivity index (χ0) is 22.7. The molecule has 0 atom stereocenters. The van der Waals surface area contributed by atoms with Crippen LogP contribution < -0.4 is 20.3 Å². The predicted octanol–water partition coefficient (Wildman–Crippen LogP) is 4.53. The highest BCUT2D eigenvalue weighted by Gasteiger charge is 2.22. The minimum absolute atomic E-state index is 0.205. The Kier molecular flexibility index (Phi) is 7.20. The molecule has 8 heteroatoms. The molecule has 0 saturated heterocycles. The third kappa shape index (κ3) is 5.17. The Balaban J connectivity index is 1.34. The average molecular weight is 547 g/mol. The Hall–Kier alpha value is -2.33. The number of aromatic hydroxyl groups is 1. The molecule has 0 radical (unpaired) electrons. The first kappa shape index (κ1) is 22.8. The van der Waals surface area contributed by atoms with Crippen LogP contribution in [-0.2, 0) is 6.54 Å². The van der Waals surface area contributed by atoms with Gasteiger partial charge in [0.1, 0.15) is 5.82 Å². The highest BCUT2D eigenvalue weighted by Crippen LogP contribution is 2.32. The van der Waals surface area contributed by atoms with Gasteiger partial charge in [0, 0.05) is 38.1 Å². The summed E-state index contributed by atoms with van der Waals surface area (Å²) < 4.78 is 6.08. The molecule has 32 heavy (non-hydrogen) atoms. The van der Waals surface area contributed by atoms with Gasteiger partial charge in [-0.1, -0.05) is 12.1 Å². The number of benzene rings is 2. The second-order valence-corrected chi connectivity index (χ2v) is 9.65. The lowest BCUT2D eigenvalue weighted by molar-refractivity contribution is 0.350. The maximum absolute atomic E-state index is 10.0. The van der Waals surface area contributed by atoms with Gasteiger partial charge in [-0.2, -0.15) is 4.98 Å².